The normalized spacial score (nSPS) is 20.6. The first-order valence-corrected chi connectivity index (χ1v) is 12.1. The lowest BCUT2D eigenvalue weighted by atomic mass is 9.72. The van der Waals surface area contributed by atoms with Crippen molar-refractivity contribution < 1.29 is 4.79 Å². The van der Waals surface area contributed by atoms with Gasteiger partial charge in [-0.1, -0.05) is 78.6 Å². The lowest BCUT2D eigenvalue weighted by molar-refractivity contribution is -0.136. The molecule has 0 aromatic heterocycles. The average Bonchev–Trinajstić information content (AvgIpc) is 2.66. The number of nitrogens with zero attached hydrogens (tertiary/aromatic N) is 2. The van der Waals surface area contributed by atoms with E-state index in [-0.39, 0.29) is 0 Å². The Hall–Kier alpha value is -0.570. The third-order valence-corrected chi connectivity index (χ3v) is 7.19. The first kappa shape index (κ1) is 22.7. The molecule has 3 heteroatoms. The minimum Gasteiger partial charge on any atom is -0.343 e. The number of carbonyl (C=O) groups is 1. The molecule has 0 aromatic carbocycles. The highest BCUT2D eigenvalue weighted by Gasteiger charge is 2.44. The number of likely N-dealkylation sites (tertiary alicyclic amines) is 2. The van der Waals surface area contributed by atoms with Crippen LogP contribution in [0.1, 0.15) is 104 Å². The number of hydrogen-bond donors (Lipinski definition) is 0. The molecule has 0 aromatic rings. The van der Waals surface area contributed by atoms with Crippen molar-refractivity contribution in [3.05, 3.63) is 0 Å². The second-order valence-corrected chi connectivity index (χ2v) is 9.43. The van der Waals surface area contributed by atoms with Gasteiger partial charge in [-0.05, 0) is 37.1 Å². The zero-order valence-corrected chi connectivity index (χ0v) is 18.6. The summed E-state index contributed by atoms with van der Waals surface area (Å²) >= 11 is 0. The fraction of sp³-hybridized carbons (Fsp3) is 0.958. The maximum atomic E-state index is 12.8. The van der Waals surface area contributed by atoms with Crippen LogP contribution in [0.15, 0.2) is 0 Å². The molecular formula is C24H46N2O. The number of hydrogen-bond acceptors (Lipinski definition) is 2. The molecule has 3 nitrogen and oxygen atoms in total. The molecule has 2 heterocycles. The van der Waals surface area contributed by atoms with E-state index in [1.807, 2.05) is 0 Å². The highest BCUT2D eigenvalue weighted by atomic mass is 16.2. The van der Waals surface area contributed by atoms with E-state index < -0.39 is 0 Å². The van der Waals surface area contributed by atoms with E-state index in [1.54, 1.807) is 0 Å². The minimum atomic E-state index is 0.436. The number of amides is 1. The minimum absolute atomic E-state index is 0.436. The van der Waals surface area contributed by atoms with Gasteiger partial charge < -0.3 is 9.80 Å². The van der Waals surface area contributed by atoms with E-state index in [1.165, 1.54) is 90.3 Å². The molecule has 0 bridgehead atoms. The topological polar surface area (TPSA) is 23.6 Å². The molecule has 2 fully saturated rings. The summed E-state index contributed by atoms with van der Waals surface area (Å²) in [5, 5.41) is 0. The maximum absolute atomic E-state index is 12.8. The highest BCUT2D eigenvalue weighted by Crippen LogP contribution is 2.40. The summed E-state index contributed by atoms with van der Waals surface area (Å²) in [7, 11) is 0. The van der Waals surface area contributed by atoms with Gasteiger partial charge in [0.25, 0.3) is 0 Å². The van der Waals surface area contributed by atoms with Crippen LogP contribution in [0.5, 0.6) is 0 Å². The third kappa shape index (κ3) is 7.40. The molecule has 1 amide bonds. The molecule has 0 radical (unpaired) electrons. The van der Waals surface area contributed by atoms with Gasteiger partial charge in [0.1, 0.15) is 0 Å². The molecule has 0 N–H and O–H groups in total. The summed E-state index contributed by atoms with van der Waals surface area (Å²) < 4.78 is 0. The van der Waals surface area contributed by atoms with Gasteiger partial charge in [-0.25, -0.2) is 0 Å². The molecule has 1 unspecified atom stereocenters. The quantitative estimate of drug-likeness (QED) is 0.374. The van der Waals surface area contributed by atoms with Gasteiger partial charge in [0.2, 0.25) is 5.91 Å². The Morgan fingerprint density at radius 1 is 0.852 bits per heavy atom. The Labute approximate surface area is 169 Å². The molecular weight excluding hydrogens is 332 g/mol. The SMILES string of the molecule is CCCCCCC(CCCCC)CCC(=O)N1CCC2(CC1)CN(CC)C2. The monoisotopic (exact) mass is 378 g/mol. The number of rotatable bonds is 13. The fourth-order valence-corrected chi connectivity index (χ4v) is 5.13. The van der Waals surface area contributed by atoms with Gasteiger partial charge in [-0.3, -0.25) is 4.79 Å². The largest absolute Gasteiger partial charge is 0.343 e. The second kappa shape index (κ2) is 12.1. The van der Waals surface area contributed by atoms with Gasteiger partial charge in [-0.2, -0.15) is 0 Å². The standard InChI is InChI=1S/C24H46N2O/c1-4-7-9-11-13-22(12-10-8-5-2)14-15-23(27)26-18-16-24(17-19-26)20-25(6-3)21-24/h22H,4-21H2,1-3H3. The average molecular weight is 379 g/mol. The van der Waals surface area contributed by atoms with Crippen molar-refractivity contribution in [3.8, 4) is 0 Å². The van der Waals surface area contributed by atoms with Crippen LogP contribution >= 0.6 is 0 Å². The first-order chi connectivity index (χ1) is 13.1. The van der Waals surface area contributed by atoms with E-state index in [2.05, 4.69) is 30.6 Å². The zero-order chi connectivity index (χ0) is 19.5. The lowest BCUT2D eigenvalue weighted by Gasteiger charge is -2.54. The predicted octanol–water partition coefficient (Wildman–Crippen LogP) is 5.88. The van der Waals surface area contributed by atoms with Crippen molar-refractivity contribution in [2.45, 2.75) is 104 Å². The Morgan fingerprint density at radius 3 is 2.04 bits per heavy atom. The van der Waals surface area contributed by atoms with E-state index in [4.69, 9.17) is 0 Å². The van der Waals surface area contributed by atoms with Gasteiger partial charge >= 0.3 is 0 Å². The van der Waals surface area contributed by atoms with Crippen molar-refractivity contribution in [2.24, 2.45) is 11.3 Å². The van der Waals surface area contributed by atoms with Crippen LogP contribution in [0.25, 0.3) is 0 Å². The summed E-state index contributed by atoms with van der Waals surface area (Å²) in [6.07, 6.45) is 16.5. The third-order valence-electron chi connectivity index (χ3n) is 7.19. The van der Waals surface area contributed by atoms with Crippen LogP contribution in [0.3, 0.4) is 0 Å². The number of carbonyl (C=O) groups excluding carboxylic acids is 1. The molecule has 1 spiro atoms. The molecule has 2 saturated heterocycles. The van der Waals surface area contributed by atoms with Crippen molar-refractivity contribution in [1.29, 1.82) is 0 Å². The van der Waals surface area contributed by atoms with E-state index in [0.29, 0.717) is 11.3 Å². The number of unbranched alkanes of at least 4 members (excludes halogenated alkanes) is 5. The second-order valence-electron chi connectivity index (χ2n) is 9.43. The summed E-state index contributed by atoms with van der Waals surface area (Å²) in [5.74, 6) is 1.21. The molecule has 0 saturated carbocycles. The molecule has 0 aliphatic carbocycles. The van der Waals surface area contributed by atoms with Crippen molar-refractivity contribution in [1.82, 2.24) is 9.80 Å². The highest BCUT2D eigenvalue weighted by molar-refractivity contribution is 5.76. The van der Waals surface area contributed by atoms with E-state index >= 15 is 0 Å². The molecule has 158 valence electrons. The summed E-state index contributed by atoms with van der Waals surface area (Å²) in [4.78, 5) is 17.5. The van der Waals surface area contributed by atoms with Gasteiger partial charge in [-0.15, -0.1) is 0 Å². The van der Waals surface area contributed by atoms with Crippen LogP contribution in [-0.2, 0) is 4.79 Å². The molecule has 2 aliphatic heterocycles. The van der Waals surface area contributed by atoms with Crippen LogP contribution in [-0.4, -0.2) is 48.4 Å². The summed E-state index contributed by atoms with van der Waals surface area (Å²) in [6.45, 7) is 12.5. The van der Waals surface area contributed by atoms with E-state index in [9.17, 15) is 4.79 Å². The predicted molar refractivity (Wildman–Crippen MR) is 116 cm³/mol. The van der Waals surface area contributed by atoms with Crippen molar-refractivity contribution >= 4 is 5.91 Å². The van der Waals surface area contributed by atoms with Crippen LogP contribution in [0, 0.1) is 11.3 Å². The van der Waals surface area contributed by atoms with Crippen molar-refractivity contribution in [2.75, 3.05) is 32.7 Å². The van der Waals surface area contributed by atoms with Crippen LogP contribution in [0.2, 0.25) is 0 Å². The van der Waals surface area contributed by atoms with Gasteiger partial charge in [0.05, 0.1) is 0 Å². The van der Waals surface area contributed by atoms with Crippen molar-refractivity contribution in [3.63, 3.8) is 0 Å². The van der Waals surface area contributed by atoms with Gasteiger partial charge in [0, 0.05) is 32.6 Å². The molecule has 1 atom stereocenters. The van der Waals surface area contributed by atoms with Gasteiger partial charge in [0.15, 0.2) is 0 Å². The Kier molecular flexibility index (Phi) is 10.2. The fourth-order valence-electron chi connectivity index (χ4n) is 5.13. The Morgan fingerprint density at radius 2 is 1.44 bits per heavy atom. The Balaban J connectivity index is 1.67. The smallest absolute Gasteiger partial charge is 0.222 e. The van der Waals surface area contributed by atoms with Crippen LogP contribution < -0.4 is 0 Å². The molecule has 27 heavy (non-hydrogen) atoms. The summed E-state index contributed by atoms with van der Waals surface area (Å²) in [5.41, 5.74) is 0.550. The maximum Gasteiger partial charge on any atom is 0.222 e. The Bertz CT molecular complexity index is 407. The molecule has 2 rings (SSSR count). The van der Waals surface area contributed by atoms with E-state index in [0.717, 1.165) is 31.8 Å². The zero-order valence-electron chi connectivity index (χ0n) is 18.6. The first-order valence-electron chi connectivity index (χ1n) is 12.1. The van der Waals surface area contributed by atoms with Crippen LogP contribution in [0.4, 0.5) is 0 Å². The molecule has 2 aliphatic rings. The lowest BCUT2D eigenvalue weighted by Crippen LogP contribution is -2.60. The summed E-state index contributed by atoms with van der Waals surface area (Å²) in [6, 6.07) is 0. The number of piperidine rings is 1.